The highest BCUT2D eigenvalue weighted by molar-refractivity contribution is 5.45. The van der Waals surface area contributed by atoms with Crippen LogP contribution in [0.2, 0.25) is 0 Å². The van der Waals surface area contributed by atoms with Crippen LogP contribution < -0.4 is 4.74 Å². The largest absolute Gasteiger partial charge is 0.452 e. The lowest BCUT2D eigenvalue weighted by Crippen LogP contribution is -2.66. The third-order valence-electron chi connectivity index (χ3n) is 4.90. The van der Waals surface area contributed by atoms with Crippen LogP contribution in [-0.2, 0) is 31.3 Å². The van der Waals surface area contributed by atoms with Crippen molar-refractivity contribution >= 4 is 0 Å². The molecule has 0 saturated heterocycles. The van der Waals surface area contributed by atoms with Gasteiger partial charge in [-0.1, -0.05) is 42.5 Å². The van der Waals surface area contributed by atoms with Crippen LogP contribution >= 0.6 is 0 Å². The number of hydrogen-bond acceptors (Lipinski definition) is 5. The summed E-state index contributed by atoms with van der Waals surface area (Å²) in [5.74, 6) is -1.82. The zero-order valence-electron chi connectivity index (χ0n) is 13.9. The summed E-state index contributed by atoms with van der Waals surface area (Å²) in [5, 5.41) is 0. The molecule has 0 fully saturated rings. The van der Waals surface area contributed by atoms with Gasteiger partial charge in [0.25, 0.3) is 11.6 Å². The van der Waals surface area contributed by atoms with Gasteiger partial charge >= 0.3 is 0 Å². The first-order valence-corrected chi connectivity index (χ1v) is 7.86. The molecule has 2 heterocycles. The quantitative estimate of drug-likeness (QED) is 0.866. The summed E-state index contributed by atoms with van der Waals surface area (Å²) in [5.41, 5.74) is 2.76. The smallest absolute Gasteiger partial charge is 0.295 e. The minimum atomic E-state index is -1.26. The molecule has 126 valence electrons. The molecule has 2 aromatic carbocycles. The van der Waals surface area contributed by atoms with Crippen molar-refractivity contribution in [3.63, 3.8) is 0 Å². The first-order chi connectivity index (χ1) is 11.7. The van der Waals surface area contributed by atoms with Crippen LogP contribution in [0.15, 0.2) is 48.5 Å². The van der Waals surface area contributed by atoms with E-state index in [9.17, 15) is 0 Å². The Morgan fingerprint density at radius 1 is 0.958 bits per heavy atom. The van der Waals surface area contributed by atoms with E-state index in [2.05, 4.69) is 0 Å². The summed E-state index contributed by atoms with van der Waals surface area (Å²) in [7, 11) is 4.82. The normalized spacial score (nSPS) is 30.7. The lowest BCUT2D eigenvalue weighted by molar-refractivity contribution is -0.432. The van der Waals surface area contributed by atoms with Crippen LogP contribution in [0.4, 0.5) is 0 Å². The van der Waals surface area contributed by atoms with Crippen molar-refractivity contribution in [1.82, 2.24) is 0 Å². The van der Waals surface area contributed by atoms with Crippen molar-refractivity contribution in [1.29, 1.82) is 0 Å². The molecule has 4 rings (SSSR count). The second-order valence-corrected chi connectivity index (χ2v) is 5.89. The number of benzene rings is 2. The highest BCUT2D eigenvalue weighted by atomic mass is 16.8. The number of fused-ring (bicyclic) bond motifs is 4. The van der Waals surface area contributed by atoms with Gasteiger partial charge in [0.2, 0.25) is 0 Å². The van der Waals surface area contributed by atoms with Gasteiger partial charge in [0.1, 0.15) is 11.9 Å². The summed E-state index contributed by atoms with van der Waals surface area (Å²) in [4.78, 5) is 0. The SMILES string of the molecule is CO[C@@H]1c2ccccc2O[C@@]2(OC)c3ccccc3CO[C@@]12OC. The highest BCUT2D eigenvalue weighted by Gasteiger charge is 2.68. The van der Waals surface area contributed by atoms with E-state index >= 15 is 0 Å². The zero-order valence-corrected chi connectivity index (χ0v) is 13.9. The number of rotatable bonds is 3. The van der Waals surface area contributed by atoms with Gasteiger partial charge in [-0.05, 0) is 11.6 Å². The summed E-state index contributed by atoms with van der Waals surface area (Å²) >= 11 is 0. The van der Waals surface area contributed by atoms with E-state index in [0.717, 1.165) is 16.7 Å². The molecule has 0 unspecified atom stereocenters. The molecule has 0 spiro atoms. The third kappa shape index (κ3) is 1.78. The Labute approximate surface area is 141 Å². The van der Waals surface area contributed by atoms with Crippen LogP contribution in [0.5, 0.6) is 5.75 Å². The van der Waals surface area contributed by atoms with Crippen LogP contribution in [0.1, 0.15) is 22.8 Å². The van der Waals surface area contributed by atoms with E-state index in [1.807, 2.05) is 48.5 Å². The molecule has 0 saturated carbocycles. The Kier molecular flexibility index (Phi) is 3.62. The summed E-state index contributed by atoms with van der Waals surface area (Å²) in [6, 6.07) is 15.6. The maximum Gasteiger partial charge on any atom is 0.295 e. The lowest BCUT2D eigenvalue weighted by atomic mass is 9.81. The summed E-state index contributed by atoms with van der Waals surface area (Å²) < 4.78 is 30.2. The maximum absolute atomic E-state index is 6.37. The minimum absolute atomic E-state index is 0.389. The minimum Gasteiger partial charge on any atom is -0.452 e. The first kappa shape index (κ1) is 15.6. The van der Waals surface area contributed by atoms with Gasteiger partial charge in [0, 0.05) is 32.5 Å². The van der Waals surface area contributed by atoms with Crippen molar-refractivity contribution in [2.75, 3.05) is 21.3 Å². The van der Waals surface area contributed by atoms with Gasteiger partial charge in [-0.15, -0.1) is 0 Å². The van der Waals surface area contributed by atoms with E-state index in [1.54, 1.807) is 21.3 Å². The van der Waals surface area contributed by atoms with Crippen LogP contribution in [0, 0.1) is 0 Å². The van der Waals surface area contributed by atoms with E-state index in [0.29, 0.717) is 12.4 Å². The molecule has 0 N–H and O–H groups in total. The molecule has 2 aromatic rings. The molecule has 2 aliphatic rings. The summed E-state index contributed by atoms with van der Waals surface area (Å²) in [6.45, 7) is 0.389. The van der Waals surface area contributed by atoms with Gasteiger partial charge in [0.05, 0.1) is 6.61 Å². The monoisotopic (exact) mass is 328 g/mol. The van der Waals surface area contributed by atoms with Crippen LogP contribution in [-0.4, -0.2) is 27.1 Å². The molecule has 3 atom stereocenters. The molecular formula is C19H20O5. The fraction of sp³-hybridized carbons (Fsp3) is 0.368. The number of para-hydroxylation sites is 1. The second kappa shape index (κ2) is 5.57. The standard InChI is InChI=1S/C19H20O5/c1-20-17-14-9-5-7-11-16(14)24-18(21-2)15-10-6-4-8-13(15)12-23-19(17,18)22-3/h4-11,17H,12H2,1-3H3/t17-,18+,19+/m1/s1. The Morgan fingerprint density at radius 2 is 1.71 bits per heavy atom. The van der Waals surface area contributed by atoms with E-state index in [1.165, 1.54) is 0 Å². The molecule has 0 bridgehead atoms. The summed E-state index contributed by atoms with van der Waals surface area (Å²) in [6.07, 6.45) is -0.499. The van der Waals surface area contributed by atoms with Gasteiger partial charge < -0.3 is 23.7 Å². The van der Waals surface area contributed by atoms with Crippen molar-refractivity contribution < 1.29 is 23.7 Å². The highest BCUT2D eigenvalue weighted by Crippen LogP contribution is 2.57. The fourth-order valence-corrected chi connectivity index (χ4v) is 3.84. The Morgan fingerprint density at radius 3 is 2.46 bits per heavy atom. The average Bonchev–Trinajstić information content (AvgIpc) is 2.65. The van der Waals surface area contributed by atoms with Gasteiger partial charge in [-0.2, -0.15) is 0 Å². The average molecular weight is 328 g/mol. The van der Waals surface area contributed by atoms with Gasteiger partial charge in [-0.25, -0.2) is 0 Å². The van der Waals surface area contributed by atoms with Gasteiger partial charge in [-0.3, -0.25) is 0 Å². The molecule has 0 aromatic heterocycles. The first-order valence-electron chi connectivity index (χ1n) is 7.86. The number of hydrogen-bond donors (Lipinski definition) is 0. The van der Waals surface area contributed by atoms with Crippen molar-refractivity contribution in [2.45, 2.75) is 24.3 Å². The van der Waals surface area contributed by atoms with E-state index in [4.69, 9.17) is 23.7 Å². The second-order valence-electron chi connectivity index (χ2n) is 5.89. The Hall–Kier alpha value is -1.92. The predicted molar refractivity (Wildman–Crippen MR) is 86.5 cm³/mol. The molecule has 5 heteroatoms. The molecule has 5 nitrogen and oxygen atoms in total. The number of ether oxygens (including phenoxy) is 5. The molecule has 0 radical (unpaired) electrons. The van der Waals surface area contributed by atoms with Gasteiger partial charge in [0.15, 0.2) is 0 Å². The van der Waals surface area contributed by atoms with Crippen molar-refractivity contribution in [3.05, 3.63) is 65.2 Å². The Bertz CT molecular complexity index is 761. The molecule has 0 aliphatic carbocycles. The molecule has 0 amide bonds. The van der Waals surface area contributed by atoms with Crippen molar-refractivity contribution in [3.8, 4) is 5.75 Å². The lowest BCUT2D eigenvalue weighted by Gasteiger charge is -2.55. The van der Waals surface area contributed by atoms with Crippen LogP contribution in [0.3, 0.4) is 0 Å². The predicted octanol–water partition coefficient (Wildman–Crippen LogP) is 3.14. The Balaban J connectivity index is 2.03. The third-order valence-corrected chi connectivity index (χ3v) is 4.90. The zero-order chi connectivity index (χ0) is 16.8. The van der Waals surface area contributed by atoms with E-state index < -0.39 is 17.7 Å². The van der Waals surface area contributed by atoms with E-state index in [-0.39, 0.29) is 0 Å². The number of methoxy groups -OCH3 is 3. The van der Waals surface area contributed by atoms with Crippen LogP contribution in [0.25, 0.3) is 0 Å². The topological polar surface area (TPSA) is 46.2 Å². The molecular weight excluding hydrogens is 308 g/mol. The molecule has 24 heavy (non-hydrogen) atoms. The van der Waals surface area contributed by atoms with Crippen molar-refractivity contribution in [2.24, 2.45) is 0 Å². The molecule has 2 aliphatic heterocycles. The maximum atomic E-state index is 6.37. The fourth-order valence-electron chi connectivity index (χ4n) is 3.84.